The van der Waals surface area contributed by atoms with Crippen molar-refractivity contribution in [2.24, 2.45) is 5.92 Å². The van der Waals surface area contributed by atoms with Crippen molar-refractivity contribution in [1.29, 1.82) is 0 Å². The van der Waals surface area contributed by atoms with E-state index in [1.807, 2.05) is 0 Å². The number of fused-ring (bicyclic) bond motifs is 1. The van der Waals surface area contributed by atoms with E-state index in [9.17, 15) is 14.0 Å². The van der Waals surface area contributed by atoms with Crippen LogP contribution in [0.2, 0.25) is 0 Å². The van der Waals surface area contributed by atoms with Gasteiger partial charge in [-0.3, -0.25) is 9.59 Å². The lowest BCUT2D eigenvalue weighted by Gasteiger charge is -2.06. The quantitative estimate of drug-likeness (QED) is 0.555. The van der Waals surface area contributed by atoms with Gasteiger partial charge in [-0.1, -0.05) is 44.7 Å². The molecule has 0 amide bonds. The van der Waals surface area contributed by atoms with Gasteiger partial charge in [-0.25, -0.2) is 4.39 Å². The Hall–Kier alpha value is -1.51. The normalized spacial score (nSPS) is 17.3. The SMILES string of the molecule is CCCCCCCC(=O)C1Cc2c(F)cccc2C1=O. The second-order valence-corrected chi connectivity index (χ2v) is 5.52. The van der Waals surface area contributed by atoms with Gasteiger partial charge < -0.3 is 0 Å². The summed E-state index contributed by atoms with van der Waals surface area (Å²) in [5, 5.41) is 0. The molecule has 0 saturated carbocycles. The van der Waals surface area contributed by atoms with E-state index < -0.39 is 5.92 Å². The third-order valence-corrected chi connectivity index (χ3v) is 4.02. The Balaban J connectivity index is 1.90. The molecule has 108 valence electrons. The molecule has 1 aliphatic rings. The number of rotatable bonds is 7. The Morgan fingerprint density at radius 1 is 1.25 bits per heavy atom. The van der Waals surface area contributed by atoms with Crippen LogP contribution in [0.3, 0.4) is 0 Å². The van der Waals surface area contributed by atoms with Crippen molar-refractivity contribution in [3.63, 3.8) is 0 Å². The molecule has 1 aromatic rings. The summed E-state index contributed by atoms with van der Waals surface area (Å²) in [4.78, 5) is 24.3. The van der Waals surface area contributed by atoms with Gasteiger partial charge in [0.25, 0.3) is 0 Å². The van der Waals surface area contributed by atoms with Crippen LogP contribution in [0.5, 0.6) is 0 Å². The molecule has 0 bridgehead atoms. The highest BCUT2D eigenvalue weighted by Gasteiger charge is 2.36. The van der Waals surface area contributed by atoms with Gasteiger partial charge in [-0.05, 0) is 24.5 Å². The van der Waals surface area contributed by atoms with Gasteiger partial charge in [0.2, 0.25) is 0 Å². The van der Waals surface area contributed by atoms with Crippen LogP contribution in [0.25, 0.3) is 0 Å². The maximum Gasteiger partial charge on any atom is 0.174 e. The molecule has 0 radical (unpaired) electrons. The Morgan fingerprint density at radius 2 is 2.00 bits per heavy atom. The number of unbranched alkanes of at least 4 members (excludes halogenated alkanes) is 4. The second-order valence-electron chi connectivity index (χ2n) is 5.52. The summed E-state index contributed by atoms with van der Waals surface area (Å²) in [5.41, 5.74) is 0.816. The molecule has 0 aromatic heterocycles. The second kappa shape index (κ2) is 6.78. The first-order valence-electron chi connectivity index (χ1n) is 7.49. The molecule has 0 heterocycles. The van der Waals surface area contributed by atoms with Crippen LogP contribution >= 0.6 is 0 Å². The van der Waals surface area contributed by atoms with Gasteiger partial charge in [-0.2, -0.15) is 0 Å². The van der Waals surface area contributed by atoms with Crippen molar-refractivity contribution in [1.82, 2.24) is 0 Å². The van der Waals surface area contributed by atoms with Gasteiger partial charge in [0.05, 0.1) is 5.92 Å². The van der Waals surface area contributed by atoms with E-state index >= 15 is 0 Å². The Kier molecular flexibility index (Phi) is 5.05. The first kappa shape index (κ1) is 14.9. The van der Waals surface area contributed by atoms with Gasteiger partial charge >= 0.3 is 0 Å². The number of benzene rings is 1. The minimum Gasteiger partial charge on any atom is -0.299 e. The lowest BCUT2D eigenvalue weighted by molar-refractivity contribution is -0.121. The molecule has 2 rings (SSSR count). The molecule has 0 N–H and O–H groups in total. The molecule has 2 nitrogen and oxygen atoms in total. The third kappa shape index (κ3) is 3.14. The fraction of sp³-hybridized carbons (Fsp3) is 0.529. The minimum atomic E-state index is -0.645. The predicted molar refractivity (Wildman–Crippen MR) is 76.3 cm³/mol. The van der Waals surface area contributed by atoms with Gasteiger partial charge in [0, 0.05) is 12.0 Å². The standard InChI is InChI=1S/C17H21FO2/c1-2-3-4-5-6-10-16(19)14-11-13-12(17(14)20)8-7-9-15(13)18/h7-9,14H,2-6,10-11H2,1H3. The van der Waals surface area contributed by atoms with Crippen molar-refractivity contribution < 1.29 is 14.0 Å². The van der Waals surface area contributed by atoms with E-state index in [2.05, 4.69) is 6.92 Å². The summed E-state index contributed by atoms with van der Waals surface area (Å²) >= 11 is 0. The summed E-state index contributed by atoms with van der Waals surface area (Å²) in [5.74, 6) is -1.23. The summed E-state index contributed by atoms with van der Waals surface area (Å²) in [6.07, 6.45) is 6.04. The highest BCUT2D eigenvalue weighted by atomic mass is 19.1. The number of ketones is 2. The summed E-state index contributed by atoms with van der Waals surface area (Å²) in [7, 11) is 0. The molecule has 1 aromatic carbocycles. The van der Waals surface area contributed by atoms with E-state index in [0.717, 1.165) is 19.3 Å². The van der Waals surface area contributed by atoms with Crippen LogP contribution in [-0.4, -0.2) is 11.6 Å². The van der Waals surface area contributed by atoms with Crippen molar-refractivity contribution >= 4 is 11.6 Å². The van der Waals surface area contributed by atoms with Gasteiger partial charge in [0.15, 0.2) is 5.78 Å². The zero-order chi connectivity index (χ0) is 14.5. The fourth-order valence-corrected chi connectivity index (χ4v) is 2.82. The lowest BCUT2D eigenvalue weighted by atomic mass is 9.95. The van der Waals surface area contributed by atoms with Crippen LogP contribution in [0.1, 0.15) is 61.4 Å². The highest BCUT2D eigenvalue weighted by Crippen LogP contribution is 2.30. The number of hydrogen-bond acceptors (Lipinski definition) is 2. The van der Waals surface area contributed by atoms with Crippen molar-refractivity contribution in [3.05, 3.63) is 35.1 Å². The molecule has 3 heteroatoms. The van der Waals surface area contributed by atoms with E-state index in [1.54, 1.807) is 6.07 Å². The Bertz CT molecular complexity index is 508. The summed E-state index contributed by atoms with van der Waals surface area (Å²) in [6.45, 7) is 2.15. The largest absolute Gasteiger partial charge is 0.299 e. The molecular formula is C17H21FO2. The van der Waals surface area contributed by atoms with Crippen molar-refractivity contribution in [3.8, 4) is 0 Å². The monoisotopic (exact) mass is 276 g/mol. The predicted octanol–water partition coefficient (Wildman–Crippen LogP) is 4.11. The number of carbonyl (C=O) groups is 2. The van der Waals surface area contributed by atoms with Crippen LogP contribution < -0.4 is 0 Å². The molecule has 1 aliphatic carbocycles. The smallest absolute Gasteiger partial charge is 0.174 e. The van der Waals surface area contributed by atoms with E-state index in [-0.39, 0.29) is 23.8 Å². The van der Waals surface area contributed by atoms with Crippen LogP contribution in [0.4, 0.5) is 4.39 Å². The number of hydrogen-bond donors (Lipinski definition) is 0. The van der Waals surface area contributed by atoms with E-state index in [4.69, 9.17) is 0 Å². The molecular weight excluding hydrogens is 255 g/mol. The van der Waals surface area contributed by atoms with E-state index in [1.165, 1.54) is 25.0 Å². The Labute approximate surface area is 119 Å². The van der Waals surface area contributed by atoms with E-state index in [0.29, 0.717) is 17.5 Å². The molecule has 1 unspecified atom stereocenters. The van der Waals surface area contributed by atoms with Crippen molar-refractivity contribution in [2.75, 3.05) is 0 Å². The van der Waals surface area contributed by atoms with Gasteiger partial charge in [-0.15, -0.1) is 0 Å². The molecule has 1 atom stereocenters. The zero-order valence-corrected chi connectivity index (χ0v) is 12.0. The maximum atomic E-state index is 13.6. The molecule has 0 saturated heterocycles. The highest BCUT2D eigenvalue weighted by molar-refractivity contribution is 6.14. The van der Waals surface area contributed by atoms with Crippen LogP contribution in [-0.2, 0) is 11.2 Å². The maximum absolute atomic E-state index is 13.6. The first-order valence-corrected chi connectivity index (χ1v) is 7.49. The summed E-state index contributed by atoms with van der Waals surface area (Å²) < 4.78 is 13.6. The Morgan fingerprint density at radius 3 is 2.70 bits per heavy atom. The number of halogens is 1. The topological polar surface area (TPSA) is 34.1 Å². The first-order chi connectivity index (χ1) is 9.65. The van der Waals surface area contributed by atoms with Crippen LogP contribution in [0, 0.1) is 11.7 Å². The lowest BCUT2D eigenvalue weighted by Crippen LogP contribution is -2.20. The number of Topliss-reactive ketones (excluding diaryl/α,β-unsaturated/α-hetero) is 2. The minimum absolute atomic E-state index is 0.0258. The fourth-order valence-electron chi connectivity index (χ4n) is 2.82. The molecule has 0 spiro atoms. The average molecular weight is 276 g/mol. The average Bonchev–Trinajstić information content (AvgIpc) is 2.78. The molecule has 20 heavy (non-hydrogen) atoms. The van der Waals surface area contributed by atoms with Gasteiger partial charge in [0.1, 0.15) is 11.6 Å². The molecule has 0 fully saturated rings. The third-order valence-electron chi connectivity index (χ3n) is 4.02. The zero-order valence-electron chi connectivity index (χ0n) is 12.0. The van der Waals surface area contributed by atoms with Crippen molar-refractivity contribution in [2.45, 2.75) is 51.9 Å². The molecule has 0 aliphatic heterocycles. The summed E-state index contributed by atoms with van der Waals surface area (Å²) in [6, 6.07) is 4.50. The van der Waals surface area contributed by atoms with Crippen LogP contribution in [0.15, 0.2) is 18.2 Å². The number of carbonyl (C=O) groups excluding carboxylic acids is 2.